The van der Waals surface area contributed by atoms with Gasteiger partial charge in [-0.25, -0.2) is 9.97 Å². The summed E-state index contributed by atoms with van der Waals surface area (Å²) >= 11 is 2.03. The van der Waals surface area contributed by atoms with Crippen LogP contribution in [0.5, 0.6) is 0 Å². The van der Waals surface area contributed by atoms with Gasteiger partial charge in [0, 0.05) is 28.7 Å². The molecule has 1 saturated carbocycles. The molecule has 0 aromatic carbocycles. The Balaban J connectivity index is 1.71. The highest BCUT2D eigenvalue weighted by atomic mass is 32.2. The molecule has 110 valence electrons. The van der Waals surface area contributed by atoms with E-state index in [1.54, 1.807) is 0 Å². The molecule has 1 fully saturated rings. The number of nitrogens with two attached hydrogens (primary N) is 1. The van der Waals surface area contributed by atoms with E-state index in [2.05, 4.69) is 18.8 Å². The molecule has 0 amide bonds. The molecule has 1 aromatic heterocycles. The zero-order valence-corrected chi connectivity index (χ0v) is 13.4. The Bertz CT molecular complexity index is 481. The second-order valence-electron chi connectivity index (χ2n) is 7.06. The monoisotopic (exact) mass is 291 g/mol. The van der Waals surface area contributed by atoms with Crippen LogP contribution in [0.1, 0.15) is 69.1 Å². The van der Waals surface area contributed by atoms with E-state index in [1.165, 1.54) is 36.9 Å². The number of rotatable bonds is 3. The summed E-state index contributed by atoms with van der Waals surface area (Å²) in [6.45, 7) is 4.57. The maximum Gasteiger partial charge on any atom is 0.138 e. The SMILES string of the molecule is CC1(C)Cc2nc(CSC3CCCC3)ncc2C(N)C1. The normalized spacial score (nSPS) is 25.6. The van der Waals surface area contributed by atoms with Crippen molar-refractivity contribution in [2.24, 2.45) is 11.1 Å². The Hall–Kier alpha value is -0.610. The maximum atomic E-state index is 6.26. The van der Waals surface area contributed by atoms with Gasteiger partial charge in [0.1, 0.15) is 5.82 Å². The van der Waals surface area contributed by atoms with Crippen LogP contribution in [0.25, 0.3) is 0 Å². The minimum absolute atomic E-state index is 0.102. The molecule has 1 unspecified atom stereocenters. The minimum Gasteiger partial charge on any atom is -0.324 e. The molecule has 0 saturated heterocycles. The zero-order chi connectivity index (χ0) is 14.2. The summed E-state index contributed by atoms with van der Waals surface area (Å²) in [5.74, 6) is 1.94. The van der Waals surface area contributed by atoms with E-state index in [1.807, 2.05) is 18.0 Å². The van der Waals surface area contributed by atoms with Crippen LogP contribution in [-0.2, 0) is 12.2 Å². The molecule has 20 heavy (non-hydrogen) atoms. The van der Waals surface area contributed by atoms with Gasteiger partial charge in [0.25, 0.3) is 0 Å². The molecule has 0 spiro atoms. The summed E-state index contributed by atoms with van der Waals surface area (Å²) in [6.07, 6.45) is 9.56. The van der Waals surface area contributed by atoms with Crippen LogP contribution in [-0.4, -0.2) is 15.2 Å². The smallest absolute Gasteiger partial charge is 0.138 e. The Kier molecular flexibility index (Phi) is 4.04. The van der Waals surface area contributed by atoms with E-state index in [-0.39, 0.29) is 11.5 Å². The van der Waals surface area contributed by atoms with E-state index in [4.69, 9.17) is 10.7 Å². The average Bonchev–Trinajstić information content (AvgIpc) is 2.87. The number of hydrogen-bond acceptors (Lipinski definition) is 4. The van der Waals surface area contributed by atoms with Gasteiger partial charge in [0.2, 0.25) is 0 Å². The molecule has 1 heterocycles. The molecule has 0 aliphatic heterocycles. The zero-order valence-electron chi connectivity index (χ0n) is 12.6. The number of aromatic nitrogens is 2. The van der Waals surface area contributed by atoms with E-state index < -0.39 is 0 Å². The fraction of sp³-hybridized carbons (Fsp3) is 0.750. The van der Waals surface area contributed by atoms with Gasteiger partial charge in [-0.05, 0) is 31.1 Å². The van der Waals surface area contributed by atoms with Crippen LogP contribution in [0, 0.1) is 5.41 Å². The Morgan fingerprint density at radius 1 is 1.35 bits per heavy atom. The molecule has 1 atom stereocenters. The Morgan fingerprint density at radius 3 is 2.85 bits per heavy atom. The molecular formula is C16H25N3S. The van der Waals surface area contributed by atoms with Crippen LogP contribution >= 0.6 is 11.8 Å². The number of fused-ring (bicyclic) bond motifs is 1. The molecule has 2 aliphatic carbocycles. The summed E-state index contributed by atoms with van der Waals surface area (Å²) in [5, 5.41) is 0.827. The number of thioether (sulfide) groups is 1. The molecule has 3 rings (SSSR count). The largest absolute Gasteiger partial charge is 0.324 e. The average molecular weight is 291 g/mol. The van der Waals surface area contributed by atoms with Crippen molar-refractivity contribution in [3.05, 3.63) is 23.3 Å². The first-order chi connectivity index (χ1) is 9.53. The molecule has 1 aromatic rings. The molecule has 4 heteroatoms. The van der Waals surface area contributed by atoms with Gasteiger partial charge in [-0.15, -0.1) is 0 Å². The lowest BCUT2D eigenvalue weighted by molar-refractivity contribution is 0.277. The molecule has 2 N–H and O–H groups in total. The summed E-state index contributed by atoms with van der Waals surface area (Å²) in [6, 6.07) is 0.102. The van der Waals surface area contributed by atoms with E-state index >= 15 is 0 Å². The Labute approximate surface area is 126 Å². The molecular weight excluding hydrogens is 266 g/mol. The topological polar surface area (TPSA) is 51.8 Å². The maximum absolute atomic E-state index is 6.26. The standard InChI is InChI=1S/C16H25N3S/c1-16(2)7-13(17)12-9-18-15(19-14(12)8-16)10-20-11-5-3-4-6-11/h9,11,13H,3-8,10,17H2,1-2H3. The first kappa shape index (κ1) is 14.3. The van der Waals surface area contributed by atoms with Crippen molar-refractivity contribution in [1.29, 1.82) is 0 Å². The lowest BCUT2D eigenvalue weighted by Gasteiger charge is -2.34. The van der Waals surface area contributed by atoms with E-state index in [0.717, 1.165) is 29.7 Å². The predicted molar refractivity (Wildman–Crippen MR) is 84.6 cm³/mol. The molecule has 3 nitrogen and oxygen atoms in total. The van der Waals surface area contributed by atoms with Crippen molar-refractivity contribution in [1.82, 2.24) is 9.97 Å². The second kappa shape index (κ2) is 5.64. The highest BCUT2D eigenvalue weighted by Gasteiger charge is 2.31. The van der Waals surface area contributed by atoms with Crippen molar-refractivity contribution in [2.75, 3.05) is 0 Å². The lowest BCUT2D eigenvalue weighted by atomic mass is 9.74. The van der Waals surface area contributed by atoms with Crippen LogP contribution < -0.4 is 5.73 Å². The van der Waals surface area contributed by atoms with Gasteiger partial charge in [-0.1, -0.05) is 26.7 Å². The third-order valence-corrected chi connectivity index (χ3v) is 5.89. The summed E-state index contributed by atoms with van der Waals surface area (Å²) < 4.78 is 0. The lowest BCUT2D eigenvalue weighted by Crippen LogP contribution is -2.31. The van der Waals surface area contributed by atoms with Crippen molar-refractivity contribution in [3.63, 3.8) is 0 Å². The van der Waals surface area contributed by atoms with Crippen LogP contribution in [0.3, 0.4) is 0 Å². The van der Waals surface area contributed by atoms with Crippen LogP contribution in [0.2, 0.25) is 0 Å². The quantitative estimate of drug-likeness (QED) is 0.924. The van der Waals surface area contributed by atoms with Crippen LogP contribution in [0.4, 0.5) is 0 Å². The Morgan fingerprint density at radius 2 is 2.10 bits per heavy atom. The van der Waals surface area contributed by atoms with Crippen molar-refractivity contribution in [3.8, 4) is 0 Å². The van der Waals surface area contributed by atoms with Gasteiger partial charge in [0.05, 0.1) is 5.75 Å². The number of hydrogen-bond donors (Lipinski definition) is 1. The molecule has 2 aliphatic rings. The van der Waals surface area contributed by atoms with Crippen molar-refractivity contribution >= 4 is 11.8 Å². The van der Waals surface area contributed by atoms with Crippen molar-refractivity contribution in [2.45, 2.75) is 69.4 Å². The third-order valence-electron chi connectivity index (χ3n) is 4.52. The second-order valence-corrected chi connectivity index (χ2v) is 8.35. The fourth-order valence-electron chi connectivity index (χ4n) is 3.47. The van der Waals surface area contributed by atoms with Gasteiger partial charge < -0.3 is 5.73 Å². The fourth-order valence-corrected chi connectivity index (χ4v) is 4.66. The first-order valence-electron chi connectivity index (χ1n) is 7.75. The van der Waals surface area contributed by atoms with E-state index in [9.17, 15) is 0 Å². The highest BCUT2D eigenvalue weighted by Crippen LogP contribution is 2.38. The molecule has 0 radical (unpaired) electrons. The summed E-state index contributed by atoms with van der Waals surface area (Å²) in [5.41, 5.74) is 8.87. The van der Waals surface area contributed by atoms with Gasteiger partial charge >= 0.3 is 0 Å². The predicted octanol–water partition coefficient (Wildman–Crippen LogP) is 3.62. The first-order valence-corrected chi connectivity index (χ1v) is 8.80. The third kappa shape index (κ3) is 3.17. The number of nitrogens with zero attached hydrogens (tertiary/aromatic N) is 2. The summed E-state index contributed by atoms with van der Waals surface area (Å²) in [4.78, 5) is 9.35. The van der Waals surface area contributed by atoms with Crippen molar-refractivity contribution < 1.29 is 0 Å². The minimum atomic E-state index is 0.102. The van der Waals surface area contributed by atoms with Crippen LogP contribution in [0.15, 0.2) is 6.20 Å². The van der Waals surface area contributed by atoms with Gasteiger partial charge in [-0.3, -0.25) is 0 Å². The van der Waals surface area contributed by atoms with Gasteiger partial charge in [0.15, 0.2) is 0 Å². The summed E-state index contributed by atoms with van der Waals surface area (Å²) in [7, 11) is 0. The van der Waals surface area contributed by atoms with E-state index in [0.29, 0.717) is 0 Å². The molecule has 0 bridgehead atoms. The highest BCUT2D eigenvalue weighted by molar-refractivity contribution is 7.99. The van der Waals surface area contributed by atoms with Gasteiger partial charge in [-0.2, -0.15) is 11.8 Å².